The third-order valence-corrected chi connectivity index (χ3v) is 10.8. The highest BCUT2D eigenvalue weighted by molar-refractivity contribution is 5.98. The molecule has 1 atom stereocenters. The van der Waals surface area contributed by atoms with Crippen molar-refractivity contribution in [2.24, 2.45) is 11.8 Å². The third kappa shape index (κ3) is 7.58. The van der Waals surface area contributed by atoms with Gasteiger partial charge in [0.05, 0.1) is 5.92 Å². The number of likely N-dealkylation sites (tertiary alicyclic amines) is 1. The van der Waals surface area contributed by atoms with Gasteiger partial charge in [0.15, 0.2) is 5.82 Å². The smallest absolute Gasteiger partial charge is 0.310 e. The predicted octanol–water partition coefficient (Wildman–Crippen LogP) is 7.26. The highest BCUT2D eigenvalue weighted by Crippen LogP contribution is 2.40. The maximum Gasteiger partial charge on any atom is 0.310 e. The number of aliphatic carboxylic acids is 1. The number of carbonyl (C=O) groups is 3. The minimum atomic E-state index is -0.913. The average molecular weight is 657 g/mol. The molecule has 8 heteroatoms. The molecule has 1 saturated heterocycles. The SMILES string of the molecule is CCC1CCC(c2ccc(-c3cnc(-c4ccc(C[C@H](NC(=O)c5ccc(C6CC6)cc5)C(=O)N5CC(C(=O)O)C5)cc4)nc3)cc2)CC1. The minimum Gasteiger partial charge on any atom is -0.481 e. The maximum atomic E-state index is 13.5. The summed E-state index contributed by atoms with van der Waals surface area (Å²) in [6.45, 7) is 2.59. The van der Waals surface area contributed by atoms with Gasteiger partial charge in [-0.2, -0.15) is 0 Å². The summed E-state index contributed by atoms with van der Waals surface area (Å²) in [5.41, 5.74) is 6.94. The molecule has 0 bridgehead atoms. The zero-order valence-corrected chi connectivity index (χ0v) is 28.1. The number of hydrogen-bond acceptors (Lipinski definition) is 5. The molecular weight excluding hydrogens is 612 g/mol. The van der Waals surface area contributed by atoms with E-state index in [9.17, 15) is 19.5 Å². The lowest BCUT2D eigenvalue weighted by atomic mass is 9.78. The molecule has 1 aromatic heterocycles. The van der Waals surface area contributed by atoms with Crippen LogP contribution in [0.25, 0.3) is 22.5 Å². The predicted molar refractivity (Wildman–Crippen MR) is 189 cm³/mol. The van der Waals surface area contributed by atoms with Crippen LogP contribution in [0, 0.1) is 11.8 Å². The highest BCUT2D eigenvalue weighted by Gasteiger charge is 2.39. The van der Waals surface area contributed by atoms with E-state index in [0.717, 1.165) is 28.2 Å². The summed E-state index contributed by atoms with van der Waals surface area (Å²) in [6.07, 6.45) is 12.9. The van der Waals surface area contributed by atoms with Gasteiger partial charge >= 0.3 is 5.97 Å². The molecule has 7 rings (SSSR count). The van der Waals surface area contributed by atoms with Crippen molar-refractivity contribution in [1.82, 2.24) is 20.2 Å². The first kappa shape index (κ1) is 32.7. The van der Waals surface area contributed by atoms with Crippen molar-refractivity contribution in [2.45, 2.75) is 76.2 Å². The van der Waals surface area contributed by atoms with E-state index in [-0.39, 0.29) is 31.3 Å². The molecule has 0 spiro atoms. The van der Waals surface area contributed by atoms with E-state index < -0.39 is 17.9 Å². The second-order valence-corrected chi connectivity index (χ2v) is 14.1. The topological polar surface area (TPSA) is 112 Å². The van der Waals surface area contributed by atoms with Crippen molar-refractivity contribution in [3.63, 3.8) is 0 Å². The lowest BCUT2D eigenvalue weighted by Gasteiger charge is -2.39. The van der Waals surface area contributed by atoms with Crippen LogP contribution in [0.1, 0.15) is 90.8 Å². The Balaban J connectivity index is 1.00. The zero-order valence-electron chi connectivity index (χ0n) is 28.1. The molecule has 49 heavy (non-hydrogen) atoms. The van der Waals surface area contributed by atoms with Crippen LogP contribution in [0.4, 0.5) is 0 Å². The summed E-state index contributed by atoms with van der Waals surface area (Å²) in [6, 6.07) is 23.3. The maximum absolute atomic E-state index is 13.5. The molecular formula is C41H44N4O4. The Bertz CT molecular complexity index is 1770. The van der Waals surface area contributed by atoms with Crippen LogP contribution in [-0.4, -0.2) is 56.9 Å². The van der Waals surface area contributed by atoms with Crippen LogP contribution < -0.4 is 5.32 Å². The van der Waals surface area contributed by atoms with Gasteiger partial charge in [0.1, 0.15) is 6.04 Å². The van der Waals surface area contributed by atoms with Gasteiger partial charge < -0.3 is 15.3 Å². The molecule has 4 aromatic rings. The van der Waals surface area contributed by atoms with Crippen LogP contribution in [0.5, 0.6) is 0 Å². The van der Waals surface area contributed by atoms with E-state index in [2.05, 4.69) is 46.5 Å². The van der Waals surface area contributed by atoms with Crippen molar-refractivity contribution < 1.29 is 19.5 Å². The second-order valence-electron chi connectivity index (χ2n) is 14.1. The number of carbonyl (C=O) groups excluding carboxylic acids is 2. The molecule has 2 amide bonds. The number of benzene rings is 3. The van der Waals surface area contributed by atoms with E-state index in [1.807, 2.05) is 60.9 Å². The normalized spacial score (nSPS) is 19.9. The molecule has 1 aliphatic heterocycles. The van der Waals surface area contributed by atoms with E-state index in [0.29, 0.717) is 23.2 Å². The third-order valence-electron chi connectivity index (χ3n) is 10.8. The van der Waals surface area contributed by atoms with Crippen molar-refractivity contribution in [2.75, 3.05) is 13.1 Å². The minimum absolute atomic E-state index is 0.146. The Morgan fingerprint density at radius 1 is 0.755 bits per heavy atom. The molecule has 8 nitrogen and oxygen atoms in total. The Labute approximate surface area is 288 Å². The number of hydrogen-bond donors (Lipinski definition) is 2. The molecule has 3 aromatic carbocycles. The van der Waals surface area contributed by atoms with Gasteiger partial charge in [-0.1, -0.05) is 74.0 Å². The van der Waals surface area contributed by atoms with Gasteiger partial charge in [0.2, 0.25) is 5.91 Å². The summed E-state index contributed by atoms with van der Waals surface area (Å²) in [4.78, 5) is 48.9. The first-order valence-corrected chi connectivity index (χ1v) is 17.8. The largest absolute Gasteiger partial charge is 0.481 e. The summed E-state index contributed by atoms with van der Waals surface area (Å²) in [5.74, 6) is 0.655. The molecule has 2 saturated carbocycles. The quantitative estimate of drug-likeness (QED) is 0.176. The fourth-order valence-electron chi connectivity index (χ4n) is 7.30. The number of nitrogens with one attached hydrogen (secondary N) is 1. The van der Waals surface area contributed by atoms with Crippen molar-refractivity contribution in [3.05, 3.63) is 107 Å². The van der Waals surface area contributed by atoms with Gasteiger partial charge in [0.25, 0.3) is 5.91 Å². The van der Waals surface area contributed by atoms with E-state index >= 15 is 0 Å². The number of aromatic nitrogens is 2. The van der Waals surface area contributed by atoms with Crippen molar-refractivity contribution in [3.8, 4) is 22.5 Å². The Morgan fingerprint density at radius 2 is 1.31 bits per heavy atom. The van der Waals surface area contributed by atoms with Gasteiger partial charge in [-0.05, 0) is 90.7 Å². The molecule has 2 heterocycles. The average Bonchev–Trinajstić information content (AvgIpc) is 3.97. The number of carboxylic acid groups (broad SMARTS) is 1. The first-order chi connectivity index (χ1) is 23.8. The van der Waals surface area contributed by atoms with Gasteiger partial charge in [-0.15, -0.1) is 0 Å². The number of rotatable bonds is 11. The number of amides is 2. The summed E-state index contributed by atoms with van der Waals surface area (Å²) in [7, 11) is 0. The van der Waals surface area contributed by atoms with Crippen LogP contribution in [0.2, 0.25) is 0 Å². The molecule has 2 N–H and O–H groups in total. The Hall–Kier alpha value is -4.85. The van der Waals surface area contributed by atoms with E-state index in [1.54, 1.807) is 0 Å². The van der Waals surface area contributed by atoms with Gasteiger partial charge in [0, 0.05) is 48.6 Å². The summed E-state index contributed by atoms with van der Waals surface area (Å²) >= 11 is 0. The second kappa shape index (κ2) is 14.3. The molecule has 0 unspecified atom stereocenters. The van der Waals surface area contributed by atoms with E-state index in [1.165, 1.54) is 61.0 Å². The van der Waals surface area contributed by atoms with Crippen LogP contribution in [0.15, 0.2) is 85.2 Å². The molecule has 3 aliphatic rings. The lowest BCUT2D eigenvalue weighted by molar-refractivity contribution is -0.153. The molecule has 3 fully saturated rings. The van der Waals surface area contributed by atoms with Gasteiger partial charge in [-0.25, -0.2) is 9.97 Å². The van der Waals surface area contributed by atoms with Gasteiger partial charge in [-0.3, -0.25) is 14.4 Å². The number of carboxylic acids is 1. The number of nitrogens with zero attached hydrogens (tertiary/aromatic N) is 3. The highest BCUT2D eigenvalue weighted by atomic mass is 16.4. The van der Waals surface area contributed by atoms with E-state index in [4.69, 9.17) is 0 Å². The summed E-state index contributed by atoms with van der Waals surface area (Å²) in [5, 5.41) is 12.2. The molecule has 252 valence electrons. The van der Waals surface area contributed by atoms with Crippen LogP contribution in [-0.2, 0) is 16.0 Å². The van der Waals surface area contributed by atoms with Crippen LogP contribution in [0.3, 0.4) is 0 Å². The van der Waals surface area contributed by atoms with Crippen LogP contribution >= 0.6 is 0 Å². The standard InChI is InChI=1S/C41H44N4O4/c1-2-26-3-7-28(8-4-26)29-13-15-32(16-14-29)35-22-42-38(43-23-35)33-9-5-27(6-10-33)21-37(40(47)45-24-36(25-45)41(48)49)44-39(46)34-19-17-31(18-20-34)30-11-12-30/h5-6,9-10,13-20,22-23,26,28,30,36-37H,2-4,7-8,11-12,21,24-25H2,1H3,(H,44,46)(H,48,49)/t26?,28?,37-/m0/s1. The molecule has 2 aliphatic carbocycles. The molecule has 0 radical (unpaired) electrons. The fourth-order valence-corrected chi connectivity index (χ4v) is 7.30. The summed E-state index contributed by atoms with van der Waals surface area (Å²) < 4.78 is 0. The first-order valence-electron chi connectivity index (χ1n) is 17.8. The monoisotopic (exact) mass is 656 g/mol. The fraction of sp³-hybridized carbons (Fsp3) is 0.390. The lowest BCUT2D eigenvalue weighted by Crippen LogP contribution is -2.59. The van der Waals surface area contributed by atoms with Crippen molar-refractivity contribution in [1.29, 1.82) is 0 Å². The zero-order chi connectivity index (χ0) is 33.9. The Morgan fingerprint density at radius 3 is 1.86 bits per heavy atom. The Kier molecular flexibility index (Phi) is 9.56. The van der Waals surface area contributed by atoms with Crippen molar-refractivity contribution >= 4 is 17.8 Å².